The largest absolute Gasteiger partial charge is 0.474 e. The summed E-state index contributed by atoms with van der Waals surface area (Å²) in [4.78, 5) is 0. The second kappa shape index (κ2) is 3.68. The number of hydrogen-bond acceptors (Lipinski definition) is 3. The molecular formula is C9H17N3O. The third-order valence-electron chi connectivity index (χ3n) is 1.77. The van der Waals surface area contributed by atoms with E-state index in [0.717, 1.165) is 12.2 Å². The molecule has 0 amide bonds. The summed E-state index contributed by atoms with van der Waals surface area (Å²) in [5.41, 5.74) is 7.30. The highest BCUT2D eigenvalue weighted by Gasteiger charge is 2.13. The first-order chi connectivity index (χ1) is 6.06. The molecule has 74 valence electrons. The summed E-state index contributed by atoms with van der Waals surface area (Å²) in [5, 5.41) is 4.25. The van der Waals surface area contributed by atoms with Crippen LogP contribution in [0.4, 0.5) is 5.69 Å². The van der Waals surface area contributed by atoms with Crippen LogP contribution in [0.15, 0.2) is 0 Å². The van der Waals surface area contributed by atoms with Crippen molar-refractivity contribution in [3.8, 4) is 5.88 Å². The summed E-state index contributed by atoms with van der Waals surface area (Å²) in [5.74, 6) is 0.690. The molecule has 0 bridgehead atoms. The molecule has 0 fully saturated rings. The summed E-state index contributed by atoms with van der Waals surface area (Å²) in [7, 11) is 0. The standard InChI is InChI=1S/C9H17N3O/c1-5-12-9(13-6(2)3)8(10)7(4)11-12/h6H,5,10H2,1-4H3. The second-order valence-corrected chi connectivity index (χ2v) is 3.29. The topological polar surface area (TPSA) is 53.1 Å². The molecule has 0 unspecified atom stereocenters. The van der Waals surface area contributed by atoms with E-state index in [4.69, 9.17) is 10.5 Å². The summed E-state index contributed by atoms with van der Waals surface area (Å²) in [6, 6.07) is 0. The number of nitrogen functional groups attached to an aromatic ring is 1. The lowest BCUT2D eigenvalue weighted by Gasteiger charge is -2.11. The molecule has 0 aliphatic heterocycles. The highest BCUT2D eigenvalue weighted by Crippen LogP contribution is 2.25. The van der Waals surface area contributed by atoms with Crippen LogP contribution < -0.4 is 10.5 Å². The Morgan fingerprint density at radius 1 is 1.54 bits per heavy atom. The molecule has 0 atom stereocenters. The van der Waals surface area contributed by atoms with Crippen LogP contribution in [0, 0.1) is 6.92 Å². The average molecular weight is 183 g/mol. The Morgan fingerprint density at radius 2 is 2.15 bits per heavy atom. The van der Waals surface area contributed by atoms with Crippen LogP contribution >= 0.6 is 0 Å². The molecule has 0 saturated carbocycles. The van der Waals surface area contributed by atoms with Gasteiger partial charge in [-0.05, 0) is 27.7 Å². The lowest BCUT2D eigenvalue weighted by molar-refractivity contribution is 0.219. The molecule has 0 saturated heterocycles. The fraction of sp³-hybridized carbons (Fsp3) is 0.667. The van der Waals surface area contributed by atoms with E-state index in [-0.39, 0.29) is 6.10 Å². The zero-order valence-corrected chi connectivity index (χ0v) is 8.66. The van der Waals surface area contributed by atoms with Crippen molar-refractivity contribution in [1.29, 1.82) is 0 Å². The summed E-state index contributed by atoms with van der Waals surface area (Å²) >= 11 is 0. The molecule has 1 heterocycles. The highest BCUT2D eigenvalue weighted by atomic mass is 16.5. The van der Waals surface area contributed by atoms with Gasteiger partial charge in [-0.1, -0.05) is 0 Å². The van der Waals surface area contributed by atoms with E-state index in [1.54, 1.807) is 4.68 Å². The monoisotopic (exact) mass is 183 g/mol. The smallest absolute Gasteiger partial charge is 0.236 e. The molecule has 1 rings (SSSR count). The molecule has 0 radical (unpaired) electrons. The SMILES string of the molecule is CCn1nc(C)c(N)c1OC(C)C. The molecule has 0 aliphatic rings. The number of anilines is 1. The molecule has 4 heteroatoms. The minimum Gasteiger partial charge on any atom is -0.474 e. The fourth-order valence-electron chi connectivity index (χ4n) is 1.14. The minimum absolute atomic E-state index is 0.128. The van der Waals surface area contributed by atoms with Crippen molar-refractivity contribution < 1.29 is 4.74 Å². The van der Waals surface area contributed by atoms with Crippen LogP contribution in [0.25, 0.3) is 0 Å². The van der Waals surface area contributed by atoms with E-state index < -0.39 is 0 Å². The zero-order chi connectivity index (χ0) is 10.0. The van der Waals surface area contributed by atoms with Crippen LogP contribution in [0.1, 0.15) is 26.5 Å². The Hall–Kier alpha value is -1.19. The molecule has 0 aliphatic carbocycles. The van der Waals surface area contributed by atoms with Crippen molar-refractivity contribution in [3.05, 3.63) is 5.69 Å². The van der Waals surface area contributed by atoms with Crippen molar-refractivity contribution in [2.45, 2.75) is 40.3 Å². The third kappa shape index (κ3) is 1.94. The molecular weight excluding hydrogens is 166 g/mol. The van der Waals surface area contributed by atoms with Gasteiger partial charge in [-0.15, -0.1) is 0 Å². The lowest BCUT2D eigenvalue weighted by Crippen LogP contribution is -2.11. The average Bonchev–Trinajstić information content (AvgIpc) is 2.31. The van der Waals surface area contributed by atoms with E-state index in [9.17, 15) is 0 Å². The van der Waals surface area contributed by atoms with Gasteiger partial charge in [-0.25, -0.2) is 4.68 Å². The van der Waals surface area contributed by atoms with E-state index in [2.05, 4.69) is 5.10 Å². The van der Waals surface area contributed by atoms with Gasteiger partial charge in [-0.3, -0.25) is 0 Å². The van der Waals surface area contributed by atoms with Gasteiger partial charge in [0.25, 0.3) is 0 Å². The van der Waals surface area contributed by atoms with Gasteiger partial charge in [0, 0.05) is 6.54 Å². The second-order valence-electron chi connectivity index (χ2n) is 3.29. The number of aromatic nitrogens is 2. The Bertz CT molecular complexity index is 291. The maximum Gasteiger partial charge on any atom is 0.236 e. The van der Waals surface area contributed by atoms with Gasteiger partial charge >= 0.3 is 0 Å². The van der Waals surface area contributed by atoms with Gasteiger partial charge in [0.05, 0.1) is 11.8 Å². The van der Waals surface area contributed by atoms with E-state index >= 15 is 0 Å². The minimum atomic E-state index is 0.128. The first-order valence-corrected chi connectivity index (χ1v) is 4.55. The Morgan fingerprint density at radius 3 is 2.62 bits per heavy atom. The van der Waals surface area contributed by atoms with Crippen LogP contribution in [0.3, 0.4) is 0 Å². The van der Waals surface area contributed by atoms with Crippen molar-refractivity contribution in [2.24, 2.45) is 0 Å². The lowest BCUT2D eigenvalue weighted by atomic mass is 10.4. The van der Waals surface area contributed by atoms with Gasteiger partial charge in [0.15, 0.2) is 0 Å². The van der Waals surface area contributed by atoms with E-state index in [1.165, 1.54) is 0 Å². The molecule has 2 N–H and O–H groups in total. The zero-order valence-electron chi connectivity index (χ0n) is 8.66. The van der Waals surface area contributed by atoms with Crippen LogP contribution in [0.2, 0.25) is 0 Å². The predicted molar refractivity (Wildman–Crippen MR) is 52.8 cm³/mol. The van der Waals surface area contributed by atoms with E-state index in [1.807, 2.05) is 27.7 Å². The summed E-state index contributed by atoms with van der Waals surface area (Å²) in [6.45, 7) is 8.62. The molecule has 1 aromatic rings. The third-order valence-corrected chi connectivity index (χ3v) is 1.77. The number of nitrogens with two attached hydrogens (primary N) is 1. The molecule has 1 aromatic heterocycles. The van der Waals surface area contributed by atoms with Gasteiger partial charge in [0.1, 0.15) is 5.69 Å². The summed E-state index contributed by atoms with van der Waals surface area (Å²) in [6.07, 6.45) is 0.128. The molecule has 4 nitrogen and oxygen atoms in total. The number of rotatable bonds is 3. The van der Waals surface area contributed by atoms with Crippen LogP contribution in [0.5, 0.6) is 5.88 Å². The first-order valence-electron chi connectivity index (χ1n) is 4.55. The van der Waals surface area contributed by atoms with E-state index in [0.29, 0.717) is 11.6 Å². The number of hydrogen-bond donors (Lipinski definition) is 1. The maximum absolute atomic E-state index is 5.82. The Balaban J connectivity index is 3.01. The van der Waals surface area contributed by atoms with Crippen molar-refractivity contribution in [1.82, 2.24) is 9.78 Å². The normalized spacial score (nSPS) is 10.8. The van der Waals surface area contributed by atoms with Gasteiger partial charge < -0.3 is 10.5 Å². The summed E-state index contributed by atoms with van der Waals surface area (Å²) < 4.78 is 7.35. The van der Waals surface area contributed by atoms with Crippen LogP contribution in [-0.2, 0) is 6.54 Å². The highest BCUT2D eigenvalue weighted by molar-refractivity contribution is 5.52. The number of ether oxygens (including phenoxy) is 1. The van der Waals surface area contributed by atoms with Crippen LogP contribution in [-0.4, -0.2) is 15.9 Å². The van der Waals surface area contributed by atoms with Crippen molar-refractivity contribution in [2.75, 3.05) is 5.73 Å². The maximum atomic E-state index is 5.82. The molecule has 0 spiro atoms. The number of aryl methyl sites for hydroxylation is 2. The molecule has 0 aromatic carbocycles. The van der Waals surface area contributed by atoms with Crippen molar-refractivity contribution >= 4 is 5.69 Å². The Labute approximate surface area is 78.7 Å². The van der Waals surface area contributed by atoms with Crippen molar-refractivity contribution in [3.63, 3.8) is 0 Å². The first kappa shape index (κ1) is 9.89. The fourth-order valence-corrected chi connectivity index (χ4v) is 1.14. The Kier molecular flexibility index (Phi) is 2.80. The van der Waals surface area contributed by atoms with Gasteiger partial charge in [0.2, 0.25) is 5.88 Å². The molecule has 13 heavy (non-hydrogen) atoms. The predicted octanol–water partition coefficient (Wildman–Crippen LogP) is 1.58. The number of nitrogens with zero attached hydrogens (tertiary/aromatic N) is 2. The quantitative estimate of drug-likeness (QED) is 0.774. The van der Waals surface area contributed by atoms with Gasteiger partial charge in [-0.2, -0.15) is 5.10 Å².